The van der Waals surface area contributed by atoms with Gasteiger partial charge in [0.25, 0.3) is 0 Å². The number of Topliss-reactive ketones (excluding diaryl/α,β-unsaturated/α-hetero) is 1. The molecule has 294 valence electrons. The lowest BCUT2D eigenvalue weighted by Gasteiger charge is -2.11. The number of carbonyl (C=O) groups is 3. The smallest absolute Gasteiger partial charge is 0.220 e. The predicted molar refractivity (Wildman–Crippen MR) is 224 cm³/mol. The van der Waals surface area contributed by atoms with Crippen LogP contribution in [0, 0.1) is 0 Å². The summed E-state index contributed by atoms with van der Waals surface area (Å²) in [6, 6.07) is 8.02. The van der Waals surface area contributed by atoms with Crippen LogP contribution in [0.2, 0.25) is 0 Å². The van der Waals surface area contributed by atoms with Crippen molar-refractivity contribution in [2.75, 3.05) is 43.9 Å². The number of rotatable bonds is 29. The molecule has 14 heteroatoms. The number of hydrogen-bond donors (Lipinski definition) is 5. The van der Waals surface area contributed by atoms with Crippen molar-refractivity contribution < 1.29 is 14.4 Å². The Morgan fingerprint density at radius 3 is 2.36 bits per heavy atom. The van der Waals surface area contributed by atoms with Gasteiger partial charge in [-0.05, 0) is 77.8 Å². The molecule has 0 aliphatic heterocycles. The third-order valence-corrected chi connectivity index (χ3v) is 11.7. The number of aryl methyl sites for hydroxylation is 2. The van der Waals surface area contributed by atoms with Crippen LogP contribution in [0.3, 0.4) is 0 Å². The number of likely N-dealkylation sites (N-methyl/N-ethyl adjacent to an activating group) is 1. The fraction of sp³-hybridized carbons (Fsp3) is 0.641. The number of hydrogen-bond acceptors (Lipinski definition) is 10. The van der Waals surface area contributed by atoms with Crippen molar-refractivity contribution in [2.45, 2.75) is 123 Å². The number of carbonyl (C=O) groups excluding carboxylic acids is 3. The third-order valence-electron chi connectivity index (χ3n) is 9.19. The lowest BCUT2D eigenvalue weighted by Crippen LogP contribution is -2.32. The van der Waals surface area contributed by atoms with Crippen molar-refractivity contribution >= 4 is 72.8 Å². The van der Waals surface area contributed by atoms with Gasteiger partial charge in [0.2, 0.25) is 11.8 Å². The zero-order valence-electron chi connectivity index (χ0n) is 32.2. The van der Waals surface area contributed by atoms with Crippen LogP contribution in [0.5, 0.6) is 0 Å². The topological polar surface area (TPSA) is 182 Å². The fourth-order valence-electron chi connectivity index (χ4n) is 6.16. The molecule has 0 radical (unpaired) electrons. The van der Waals surface area contributed by atoms with Crippen LogP contribution < -0.4 is 27.4 Å². The zero-order chi connectivity index (χ0) is 38.3. The number of imidazole rings is 1. The first kappa shape index (κ1) is 44.0. The number of aliphatic imine (C=N–C) groups is 1. The van der Waals surface area contributed by atoms with Crippen LogP contribution in [0.1, 0.15) is 110 Å². The molecule has 1 atom stereocenters. The Morgan fingerprint density at radius 2 is 1.60 bits per heavy atom. The van der Waals surface area contributed by atoms with E-state index in [2.05, 4.69) is 43.5 Å². The molecular weight excluding hydrogens is 707 g/mol. The van der Waals surface area contributed by atoms with Crippen LogP contribution in [-0.4, -0.2) is 82.2 Å². The first-order chi connectivity index (χ1) is 25.7. The molecule has 12 nitrogen and oxygen atoms in total. The summed E-state index contributed by atoms with van der Waals surface area (Å²) in [4.78, 5) is 50.0. The highest BCUT2D eigenvalue weighted by Crippen LogP contribution is 2.29. The van der Waals surface area contributed by atoms with E-state index in [0.29, 0.717) is 44.1 Å². The molecule has 0 saturated carbocycles. The van der Waals surface area contributed by atoms with Gasteiger partial charge in [-0.2, -0.15) is 0 Å². The van der Waals surface area contributed by atoms with Crippen LogP contribution >= 0.6 is 21.6 Å². The van der Waals surface area contributed by atoms with E-state index in [1.54, 1.807) is 28.5 Å². The quantitative estimate of drug-likeness (QED) is 0.0231. The molecule has 53 heavy (non-hydrogen) atoms. The number of fused-ring (bicyclic) bond motifs is 3. The Morgan fingerprint density at radius 1 is 0.868 bits per heavy atom. The molecule has 0 spiro atoms. The molecular formula is C39H63N9O3S2. The molecule has 0 aliphatic rings. The largest absolute Gasteiger partial charge is 0.387 e. The molecule has 0 saturated heterocycles. The average Bonchev–Trinajstić information content (AvgIpc) is 3.51. The van der Waals surface area contributed by atoms with E-state index in [0.717, 1.165) is 129 Å². The number of nitrogens with two attached hydrogens (primary N) is 2. The van der Waals surface area contributed by atoms with Gasteiger partial charge < -0.3 is 32.0 Å². The van der Waals surface area contributed by atoms with Gasteiger partial charge in [-0.15, -0.1) is 0 Å². The van der Waals surface area contributed by atoms with Crippen molar-refractivity contribution in [3.8, 4) is 0 Å². The highest BCUT2D eigenvalue weighted by atomic mass is 33.1. The maximum absolute atomic E-state index is 12.4. The molecule has 3 aromatic rings. The van der Waals surface area contributed by atoms with Gasteiger partial charge in [-0.1, -0.05) is 59.6 Å². The number of benzene rings is 1. The van der Waals surface area contributed by atoms with E-state index in [-0.39, 0.29) is 23.6 Å². The number of ketones is 1. The summed E-state index contributed by atoms with van der Waals surface area (Å²) in [6.45, 7) is 6.62. The van der Waals surface area contributed by atoms with Crippen LogP contribution in [0.25, 0.3) is 21.9 Å². The van der Waals surface area contributed by atoms with Crippen molar-refractivity contribution in [1.82, 2.24) is 30.5 Å². The van der Waals surface area contributed by atoms with Gasteiger partial charge in [-0.25, -0.2) is 9.97 Å². The van der Waals surface area contributed by atoms with E-state index < -0.39 is 0 Å². The summed E-state index contributed by atoms with van der Waals surface area (Å²) in [5.74, 6) is 4.28. The van der Waals surface area contributed by atoms with E-state index in [9.17, 15) is 14.4 Å². The number of aromatic nitrogens is 3. The molecule has 1 unspecified atom stereocenters. The summed E-state index contributed by atoms with van der Waals surface area (Å²) in [5, 5.41) is 10.2. The molecule has 0 fully saturated rings. The Hall–Kier alpha value is -3.36. The van der Waals surface area contributed by atoms with E-state index in [4.69, 9.17) is 16.5 Å². The lowest BCUT2D eigenvalue weighted by atomic mass is 10.1. The Bertz CT molecular complexity index is 1600. The van der Waals surface area contributed by atoms with Gasteiger partial charge in [0.15, 0.2) is 5.82 Å². The van der Waals surface area contributed by atoms with E-state index >= 15 is 0 Å². The maximum Gasteiger partial charge on any atom is 0.220 e. The Balaban J connectivity index is 1.17. The van der Waals surface area contributed by atoms with Crippen molar-refractivity contribution in [2.24, 2.45) is 10.7 Å². The van der Waals surface area contributed by atoms with E-state index in [1.165, 1.54) is 0 Å². The zero-order valence-corrected chi connectivity index (χ0v) is 33.9. The summed E-state index contributed by atoms with van der Waals surface area (Å²) in [5.41, 5.74) is 15.1. The average molecular weight is 770 g/mol. The third kappa shape index (κ3) is 16.3. The number of pyridine rings is 1. The number of nitrogens with zero attached hydrogens (tertiary/aromatic N) is 4. The summed E-state index contributed by atoms with van der Waals surface area (Å²) < 4.78 is 2.31. The fourth-order valence-corrected chi connectivity index (χ4v) is 8.24. The molecule has 7 N–H and O–H groups in total. The minimum atomic E-state index is -0.0653. The molecule has 1 aromatic carbocycles. The monoisotopic (exact) mass is 769 g/mol. The number of nitrogen functional groups attached to an aromatic ring is 1. The number of nitrogens with one attached hydrogen (secondary N) is 3. The molecule has 0 bridgehead atoms. The molecule has 2 heterocycles. The van der Waals surface area contributed by atoms with Crippen LogP contribution in [-0.2, 0) is 27.3 Å². The summed E-state index contributed by atoms with van der Waals surface area (Å²) >= 11 is 0. The van der Waals surface area contributed by atoms with Gasteiger partial charge >= 0.3 is 0 Å². The second kappa shape index (κ2) is 25.6. The number of anilines is 1. The Kier molecular flexibility index (Phi) is 21.3. The summed E-state index contributed by atoms with van der Waals surface area (Å²) in [7, 11) is 5.30. The van der Waals surface area contributed by atoms with Gasteiger partial charge in [0.1, 0.15) is 17.1 Å². The molecule has 2 aromatic heterocycles. The number of unbranched alkanes of at least 4 members (excludes halogenated alkanes) is 5. The number of amidine groups is 1. The second-order valence-corrected chi connectivity index (χ2v) is 16.2. The second-order valence-electron chi connectivity index (χ2n) is 13.5. The number of amides is 2. The van der Waals surface area contributed by atoms with Crippen LogP contribution in [0.15, 0.2) is 29.3 Å². The minimum absolute atomic E-state index is 0.0653. The van der Waals surface area contributed by atoms with Gasteiger partial charge in [-0.3, -0.25) is 19.4 Å². The maximum atomic E-state index is 12.4. The van der Waals surface area contributed by atoms with Gasteiger partial charge in [0, 0.05) is 68.8 Å². The highest BCUT2D eigenvalue weighted by Gasteiger charge is 2.17. The molecule has 3 rings (SSSR count). The Labute approximate surface area is 324 Å². The number of para-hydroxylation sites is 1. The van der Waals surface area contributed by atoms with Crippen molar-refractivity contribution in [3.63, 3.8) is 0 Å². The highest BCUT2D eigenvalue weighted by molar-refractivity contribution is 8.76. The van der Waals surface area contributed by atoms with Crippen molar-refractivity contribution in [1.29, 1.82) is 0 Å². The van der Waals surface area contributed by atoms with Crippen molar-refractivity contribution in [3.05, 3.63) is 30.1 Å². The summed E-state index contributed by atoms with van der Waals surface area (Å²) in [6.07, 6.45) is 12.9. The normalized spacial score (nSPS) is 12.4. The van der Waals surface area contributed by atoms with Gasteiger partial charge in [0.05, 0.1) is 22.9 Å². The lowest BCUT2D eigenvalue weighted by molar-refractivity contribution is -0.122. The SMILES string of the molecule is CCCCc1nc2c(N)nc3ccccc3c2n1CCCCNC(=O)CCCCCNC(=O)CCSSCCCC(N)=NCCCCC(NC)C(C)=O. The first-order valence-corrected chi connectivity index (χ1v) is 22.0. The standard InChI is InChI=1S/C39H63N9O3S2/c1-4-5-20-34-47-37-38(30-16-8-9-18-32(30)46-39(37)41)48(34)26-14-13-25-44-35(50)21-7-6-11-24-45-36(51)22-28-53-52-27-15-19-33(40)43-23-12-10-17-31(42-3)29(2)49/h8-9,16,18,31,42H,4-7,10-15,17,19-28H2,1-3H3,(H2,40,43)(H2,41,46)(H,44,50)(H,45,51). The first-order valence-electron chi connectivity index (χ1n) is 19.5. The van der Waals surface area contributed by atoms with E-state index in [1.807, 2.05) is 25.2 Å². The minimum Gasteiger partial charge on any atom is -0.387 e. The van der Waals surface area contributed by atoms with Crippen LogP contribution in [0.4, 0.5) is 5.82 Å². The molecule has 0 aliphatic carbocycles. The molecule has 2 amide bonds. The predicted octanol–water partition coefficient (Wildman–Crippen LogP) is 6.34.